The van der Waals surface area contributed by atoms with E-state index in [1.807, 2.05) is 42.0 Å². The molecule has 0 atom stereocenters. The van der Waals surface area contributed by atoms with E-state index in [0.29, 0.717) is 17.2 Å². The SMILES string of the molecule is CCOC(=O)NC(=O)C(N=Nc1ccc(Oc2ccc(SC)c(C)c2)cc1)C(=O)NC(=O)OCC. The number of aryl methyl sites for hydroxylation is 1. The molecule has 186 valence electrons. The fraction of sp³-hybridized carbons (Fsp3) is 0.304. The lowest BCUT2D eigenvalue weighted by Gasteiger charge is -2.11. The zero-order valence-electron chi connectivity index (χ0n) is 19.7. The van der Waals surface area contributed by atoms with E-state index < -0.39 is 30.0 Å². The summed E-state index contributed by atoms with van der Waals surface area (Å²) in [6.45, 7) is 5.10. The van der Waals surface area contributed by atoms with Crippen molar-refractivity contribution in [1.29, 1.82) is 0 Å². The van der Waals surface area contributed by atoms with Gasteiger partial charge in [-0.05, 0) is 75.1 Å². The van der Waals surface area contributed by atoms with Gasteiger partial charge in [0.25, 0.3) is 11.8 Å². The first-order valence-corrected chi connectivity index (χ1v) is 11.8. The van der Waals surface area contributed by atoms with Crippen LogP contribution in [-0.4, -0.2) is 49.5 Å². The summed E-state index contributed by atoms with van der Waals surface area (Å²) in [4.78, 5) is 49.0. The van der Waals surface area contributed by atoms with Crippen LogP contribution in [0.4, 0.5) is 15.3 Å². The van der Waals surface area contributed by atoms with Gasteiger partial charge in [-0.25, -0.2) is 9.59 Å². The van der Waals surface area contributed by atoms with E-state index in [4.69, 9.17) is 4.74 Å². The minimum atomic E-state index is -1.85. The predicted molar refractivity (Wildman–Crippen MR) is 128 cm³/mol. The van der Waals surface area contributed by atoms with Gasteiger partial charge in [-0.15, -0.1) is 11.8 Å². The molecule has 0 aromatic heterocycles. The molecule has 2 N–H and O–H groups in total. The van der Waals surface area contributed by atoms with Crippen molar-refractivity contribution in [3.05, 3.63) is 48.0 Å². The lowest BCUT2D eigenvalue weighted by Crippen LogP contribution is -2.48. The van der Waals surface area contributed by atoms with E-state index in [1.165, 1.54) is 0 Å². The second-order valence-electron chi connectivity index (χ2n) is 6.76. The van der Waals surface area contributed by atoms with Gasteiger partial charge in [-0.2, -0.15) is 10.2 Å². The lowest BCUT2D eigenvalue weighted by molar-refractivity contribution is -0.130. The standard InChI is InChI=1S/C23H26N4O7S/c1-5-32-22(30)24-20(28)19(21(29)25-23(31)33-6-2)27-26-15-7-9-16(10-8-15)34-17-11-12-18(35-4)14(3)13-17/h7-13,19H,5-6H2,1-4H3,(H,24,28,30)(H,25,29,31). The Balaban J connectivity index is 2.14. The zero-order valence-corrected chi connectivity index (χ0v) is 20.5. The summed E-state index contributed by atoms with van der Waals surface area (Å²) in [6.07, 6.45) is -0.130. The van der Waals surface area contributed by atoms with Crippen molar-refractivity contribution < 1.29 is 33.4 Å². The van der Waals surface area contributed by atoms with Gasteiger partial charge in [0, 0.05) is 4.90 Å². The van der Waals surface area contributed by atoms with Crippen LogP contribution in [0.5, 0.6) is 11.5 Å². The molecule has 0 saturated heterocycles. The number of alkyl carbamates (subject to hydrolysis) is 2. The second kappa shape index (κ2) is 13.7. The number of nitrogens with one attached hydrogen (secondary N) is 2. The number of nitrogens with zero attached hydrogens (tertiary/aromatic N) is 2. The summed E-state index contributed by atoms with van der Waals surface area (Å²) in [6, 6.07) is 10.3. The first-order chi connectivity index (χ1) is 16.8. The third-order valence-corrected chi connectivity index (χ3v) is 5.12. The first kappa shape index (κ1) is 27.3. The Labute approximate surface area is 206 Å². The summed E-state index contributed by atoms with van der Waals surface area (Å²) < 4.78 is 15.1. The third kappa shape index (κ3) is 8.74. The number of ether oxygens (including phenoxy) is 3. The average molecular weight is 503 g/mol. The maximum Gasteiger partial charge on any atom is 0.413 e. The molecular formula is C23H26N4O7S. The number of azo groups is 1. The molecular weight excluding hydrogens is 476 g/mol. The molecule has 2 aromatic carbocycles. The normalized spacial score (nSPS) is 10.7. The predicted octanol–water partition coefficient (Wildman–Crippen LogP) is 4.51. The van der Waals surface area contributed by atoms with E-state index in [-0.39, 0.29) is 13.2 Å². The van der Waals surface area contributed by atoms with Crippen LogP contribution >= 0.6 is 11.8 Å². The third-order valence-electron chi connectivity index (χ3n) is 4.23. The van der Waals surface area contributed by atoms with Gasteiger partial charge in [-0.3, -0.25) is 20.2 Å². The lowest BCUT2D eigenvalue weighted by atomic mass is 10.2. The van der Waals surface area contributed by atoms with Crippen LogP contribution in [0, 0.1) is 6.92 Å². The van der Waals surface area contributed by atoms with Crippen molar-refractivity contribution in [2.45, 2.75) is 31.7 Å². The first-order valence-electron chi connectivity index (χ1n) is 10.6. The molecule has 35 heavy (non-hydrogen) atoms. The fourth-order valence-electron chi connectivity index (χ4n) is 2.65. The number of rotatable bonds is 9. The highest BCUT2D eigenvalue weighted by atomic mass is 32.2. The number of hydrogen-bond donors (Lipinski definition) is 2. The van der Waals surface area contributed by atoms with Crippen LogP contribution in [0.3, 0.4) is 0 Å². The van der Waals surface area contributed by atoms with Gasteiger partial charge in [0.15, 0.2) is 0 Å². The van der Waals surface area contributed by atoms with Crippen molar-refractivity contribution in [3.63, 3.8) is 0 Å². The van der Waals surface area contributed by atoms with E-state index in [1.54, 1.807) is 49.9 Å². The number of carbonyl (C=O) groups excluding carboxylic acids is 4. The molecule has 0 unspecified atom stereocenters. The summed E-state index contributed by atoms with van der Waals surface area (Å²) in [5.41, 5.74) is 1.39. The molecule has 2 aromatic rings. The number of benzene rings is 2. The fourth-order valence-corrected chi connectivity index (χ4v) is 3.24. The van der Waals surface area contributed by atoms with E-state index in [9.17, 15) is 19.2 Å². The molecule has 0 saturated carbocycles. The average Bonchev–Trinajstić information content (AvgIpc) is 2.80. The van der Waals surface area contributed by atoms with E-state index in [0.717, 1.165) is 10.5 Å². The van der Waals surface area contributed by atoms with Gasteiger partial charge < -0.3 is 14.2 Å². The van der Waals surface area contributed by atoms with Gasteiger partial charge in [-0.1, -0.05) is 0 Å². The summed E-state index contributed by atoms with van der Waals surface area (Å²) in [7, 11) is 0. The molecule has 0 spiro atoms. The van der Waals surface area contributed by atoms with Crippen molar-refractivity contribution in [2.75, 3.05) is 19.5 Å². The maximum absolute atomic E-state index is 12.4. The topological polar surface area (TPSA) is 145 Å². The molecule has 0 aliphatic rings. The van der Waals surface area contributed by atoms with E-state index in [2.05, 4.69) is 19.7 Å². The van der Waals surface area contributed by atoms with Crippen molar-refractivity contribution in [3.8, 4) is 11.5 Å². The highest BCUT2D eigenvalue weighted by Crippen LogP contribution is 2.28. The Morgan fingerprint density at radius 1 is 0.886 bits per heavy atom. The zero-order chi connectivity index (χ0) is 25.8. The molecule has 12 heteroatoms. The molecule has 0 heterocycles. The van der Waals surface area contributed by atoms with Crippen molar-refractivity contribution >= 4 is 41.5 Å². The Morgan fingerprint density at radius 3 is 1.91 bits per heavy atom. The summed E-state index contributed by atoms with van der Waals surface area (Å²) in [5.74, 6) is -1.05. The highest BCUT2D eigenvalue weighted by Gasteiger charge is 2.30. The molecule has 0 fully saturated rings. The number of amides is 4. The second-order valence-corrected chi connectivity index (χ2v) is 7.61. The van der Waals surface area contributed by atoms with Crippen molar-refractivity contribution in [1.82, 2.24) is 10.6 Å². The van der Waals surface area contributed by atoms with Crippen LogP contribution in [-0.2, 0) is 19.1 Å². The molecule has 2 rings (SSSR count). The van der Waals surface area contributed by atoms with Crippen LogP contribution in [0.15, 0.2) is 57.6 Å². The number of hydrogen-bond acceptors (Lipinski definition) is 10. The van der Waals surface area contributed by atoms with Gasteiger partial charge in [0.05, 0.1) is 18.9 Å². The quantitative estimate of drug-likeness (QED) is 0.289. The van der Waals surface area contributed by atoms with Gasteiger partial charge >= 0.3 is 12.2 Å². The summed E-state index contributed by atoms with van der Waals surface area (Å²) in [5, 5.41) is 11.3. The Morgan fingerprint density at radius 2 is 1.43 bits per heavy atom. The van der Waals surface area contributed by atoms with Crippen LogP contribution < -0.4 is 15.4 Å². The number of thioether (sulfide) groups is 1. The minimum Gasteiger partial charge on any atom is -0.457 e. The largest absolute Gasteiger partial charge is 0.457 e. The van der Waals surface area contributed by atoms with Crippen LogP contribution in [0.25, 0.3) is 0 Å². The highest BCUT2D eigenvalue weighted by molar-refractivity contribution is 7.98. The van der Waals surface area contributed by atoms with Crippen LogP contribution in [0.1, 0.15) is 19.4 Å². The summed E-state index contributed by atoms with van der Waals surface area (Å²) >= 11 is 1.65. The van der Waals surface area contributed by atoms with E-state index >= 15 is 0 Å². The van der Waals surface area contributed by atoms with Gasteiger partial charge in [0.2, 0.25) is 6.04 Å². The molecule has 0 aliphatic heterocycles. The van der Waals surface area contributed by atoms with Gasteiger partial charge in [0.1, 0.15) is 11.5 Å². The molecule has 11 nitrogen and oxygen atoms in total. The maximum atomic E-state index is 12.4. The molecule has 4 amide bonds. The Bertz CT molecular complexity index is 1060. The number of carbonyl (C=O) groups is 4. The van der Waals surface area contributed by atoms with Crippen molar-refractivity contribution in [2.24, 2.45) is 10.2 Å². The Kier molecular flexibility index (Phi) is 10.7. The molecule has 0 aliphatic carbocycles. The monoisotopic (exact) mass is 502 g/mol. The number of imide groups is 2. The molecule has 0 radical (unpaired) electrons. The smallest absolute Gasteiger partial charge is 0.413 e. The minimum absolute atomic E-state index is 0.00994. The molecule has 0 bridgehead atoms. The van der Waals surface area contributed by atoms with Crippen LogP contribution in [0.2, 0.25) is 0 Å². The Hall–Kier alpha value is -3.93.